The smallest absolute Gasteiger partial charge is 0.264 e. The van der Waals surface area contributed by atoms with Crippen molar-refractivity contribution in [2.45, 2.75) is 19.3 Å². The molecule has 0 unspecified atom stereocenters. The molecule has 1 aromatic heterocycles. The number of thiophene rings is 1. The van der Waals surface area contributed by atoms with Crippen LogP contribution in [0.3, 0.4) is 0 Å². The lowest BCUT2D eigenvalue weighted by Gasteiger charge is -2.21. The molecular formula is C14H17BrN2O2S. The van der Waals surface area contributed by atoms with Crippen LogP contribution >= 0.6 is 27.3 Å². The number of halogens is 1. The Morgan fingerprint density at radius 3 is 2.50 bits per heavy atom. The van der Waals surface area contributed by atoms with Crippen molar-refractivity contribution in [1.29, 1.82) is 0 Å². The van der Waals surface area contributed by atoms with Crippen LogP contribution in [0.1, 0.15) is 28.9 Å². The van der Waals surface area contributed by atoms with E-state index >= 15 is 0 Å². The van der Waals surface area contributed by atoms with Crippen molar-refractivity contribution in [3.05, 3.63) is 20.8 Å². The average molecular weight is 357 g/mol. The highest BCUT2D eigenvalue weighted by molar-refractivity contribution is 9.10. The van der Waals surface area contributed by atoms with E-state index in [-0.39, 0.29) is 17.7 Å². The molecule has 2 aliphatic rings. The molecule has 0 atom stereocenters. The van der Waals surface area contributed by atoms with E-state index in [1.807, 2.05) is 21.2 Å². The maximum atomic E-state index is 12.4. The summed E-state index contributed by atoms with van der Waals surface area (Å²) in [5, 5.41) is 1.92. The van der Waals surface area contributed by atoms with E-state index in [1.165, 1.54) is 11.3 Å². The van der Waals surface area contributed by atoms with E-state index in [4.69, 9.17) is 0 Å². The molecular weight excluding hydrogens is 340 g/mol. The highest BCUT2D eigenvalue weighted by atomic mass is 79.9. The Balaban J connectivity index is 1.61. The second-order valence-electron chi connectivity index (χ2n) is 5.37. The molecule has 3 rings (SSSR count). The third-order valence-corrected chi connectivity index (χ3v) is 5.48. The Morgan fingerprint density at radius 1 is 1.15 bits per heavy atom. The molecule has 0 aromatic carbocycles. The standard InChI is InChI=1S/C14H17BrN2O2S/c15-11-8-12(20-9-11)14(19)17-5-1-4-16(6-7-17)13(18)10-2-3-10/h8-10H,1-7H2. The summed E-state index contributed by atoms with van der Waals surface area (Å²) in [5.74, 6) is 0.644. The van der Waals surface area contributed by atoms with Crippen LogP contribution < -0.4 is 0 Å². The van der Waals surface area contributed by atoms with Gasteiger partial charge in [-0.05, 0) is 41.3 Å². The fraction of sp³-hybridized carbons (Fsp3) is 0.571. The lowest BCUT2D eigenvalue weighted by atomic mass is 10.3. The van der Waals surface area contributed by atoms with Crippen molar-refractivity contribution in [1.82, 2.24) is 9.80 Å². The molecule has 0 radical (unpaired) electrons. The molecule has 0 N–H and O–H groups in total. The monoisotopic (exact) mass is 356 g/mol. The van der Waals surface area contributed by atoms with E-state index in [0.29, 0.717) is 13.1 Å². The van der Waals surface area contributed by atoms with Gasteiger partial charge in [-0.3, -0.25) is 9.59 Å². The largest absolute Gasteiger partial charge is 0.341 e. The lowest BCUT2D eigenvalue weighted by Crippen LogP contribution is -2.37. The van der Waals surface area contributed by atoms with Gasteiger partial charge in [0.25, 0.3) is 5.91 Å². The minimum absolute atomic E-state index is 0.0846. The molecule has 20 heavy (non-hydrogen) atoms. The van der Waals surface area contributed by atoms with Gasteiger partial charge in [0.2, 0.25) is 5.91 Å². The van der Waals surface area contributed by atoms with E-state index in [0.717, 1.165) is 41.7 Å². The molecule has 1 aromatic rings. The van der Waals surface area contributed by atoms with Gasteiger partial charge < -0.3 is 9.80 Å². The molecule has 4 nitrogen and oxygen atoms in total. The summed E-state index contributed by atoms with van der Waals surface area (Å²) in [6.45, 7) is 2.84. The minimum atomic E-state index is 0.0846. The third-order valence-electron chi connectivity index (χ3n) is 3.80. The van der Waals surface area contributed by atoms with Gasteiger partial charge in [0, 0.05) is 41.9 Å². The number of hydrogen-bond donors (Lipinski definition) is 0. The number of nitrogens with zero attached hydrogens (tertiary/aromatic N) is 2. The van der Waals surface area contributed by atoms with E-state index in [1.54, 1.807) is 0 Å². The van der Waals surface area contributed by atoms with Crippen LogP contribution in [0.4, 0.5) is 0 Å². The van der Waals surface area contributed by atoms with Gasteiger partial charge in [0.1, 0.15) is 0 Å². The number of amides is 2. The SMILES string of the molecule is O=C(c1cc(Br)cs1)N1CCCN(C(=O)C2CC2)CC1. The molecule has 108 valence electrons. The minimum Gasteiger partial charge on any atom is -0.341 e. The van der Waals surface area contributed by atoms with E-state index < -0.39 is 0 Å². The van der Waals surface area contributed by atoms with Crippen molar-refractivity contribution in [3.63, 3.8) is 0 Å². The van der Waals surface area contributed by atoms with Crippen LogP contribution in [-0.4, -0.2) is 47.8 Å². The fourth-order valence-corrected chi connectivity index (χ4v) is 3.90. The van der Waals surface area contributed by atoms with Crippen LogP contribution in [0.2, 0.25) is 0 Å². The van der Waals surface area contributed by atoms with Crippen molar-refractivity contribution < 1.29 is 9.59 Å². The Morgan fingerprint density at radius 2 is 1.85 bits per heavy atom. The topological polar surface area (TPSA) is 40.6 Å². The zero-order chi connectivity index (χ0) is 14.1. The van der Waals surface area contributed by atoms with Crippen LogP contribution in [0.5, 0.6) is 0 Å². The average Bonchev–Trinajstić information content (AvgIpc) is 3.23. The molecule has 2 amide bonds. The van der Waals surface area contributed by atoms with Gasteiger partial charge >= 0.3 is 0 Å². The van der Waals surface area contributed by atoms with Gasteiger partial charge in [-0.25, -0.2) is 0 Å². The first-order chi connectivity index (χ1) is 9.65. The normalized spacial score (nSPS) is 19.9. The van der Waals surface area contributed by atoms with Gasteiger partial charge in [0.05, 0.1) is 4.88 Å². The second kappa shape index (κ2) is 5.85. The Bertz CT molecular complexity index is 527. The van der Waals surface area contributed by atoms with Crippen molar-refractivity contribution >= 4 is 39.1 Å². The maximum absolute atomic E-state index is 12.4. The summed E-state index contributed by atoms with van der Waals surface area (Å²) < 4.78 is 0.950. The molecule has 1 aliphatic carbocycles. The first-order valence-electron chi connectivity index (χ1n) is 6.97. The summed E-state index contributed by atoms with van der Waals surface area (Å²) in [7, 11) is 0. The molecule has 1 saturated carbocycles. The summed E-state index contributed by atoms with van der Waals surface area (Å²) in [6.07, 6.45) is 2.96. The lowest BCUT2D eigenvalue weighted by molar-refractivity contribution is -0.132. The predicted octanol–water partition coefficient (Wildman–Crippen LogP) is 2.60. The van der Waals surface area contributed by atoms with Crippen molar-refractivity contribution in [2.24, 2.45) is 5.92 Å². The molecule has 6 heteroatoms. The van der Waals surface area contributed by atoms with E-state index in [2.05, 4.69) is 15.9 Å². The Hall–Kier alpha value is -0.880. The fourth-order valence-electron chi connectivity index (χ4n) is 2.51. The Kier molecular flexibility index (Phi) is 4.12. The van der Waals surface area contributed by atoms with Gasteiger partial charge in [0.15, 0.2) is 0 Å². The van der Waals surface area contributed by atoms with Gasteiger partial charge in [-0.2, -0.15) is 0 Å². The molecule has 1 aliphatic heterocycles. The highest BCUT2D eigenvalue weighted by Gasteiger charge is 2.34. The van der Waals surface area contributed by atoms with Gasteiger partial charge in [-0.1, -0.05) is 0 Å². The summed E-state index contributed by atoms with van der Waals surface area (Å²) in [4.78, 5) is 29.1. The van der Waals surface area contributed by atoms with Crippen LogP contribution in [0.15, 0.2) is 15.9 Å². The van der Waals surface area contributed by atoms with Crippen LogP contribution in [-0.2, 0) is 4.79 Å². The summed E-state index contributed by atoms with van der Waals surface area (Å²) in [6, 6.07) is 1.87. The summed E-state index contributed by atoms with van der Waals surface area (Å²) in [5.41, 5.74) is 0. The quantitative estimate of drug-likeness (QED) is 0.816. The number of carbonyl (C=O) groups is 2. The zero-order valence-corrected chi connectivity index (χ0v) is 13.6. The molecule has 2 fully saturated rings. The third kappa shape index (κ3) is 3.06. The maximum Gasteiger partial charge on any atom is 0.264 e. The molecule has 0 spiro atoms. The molecule has 0 bridgehead atoms. The van der Waals surface area contributed by atoms with Crippen LogP contribution in [0, 0.1) is 5.92 Å². The first kappa shape index (κ1) is 14.1. The van der Waals surface area contributed by atoms with Gasteiger partial charge in [-0.15, -0.1) is 11.3 Å². The second-order valence-corrected chi connectivity index (χ2v) is 7.20. The predicted molar refractivity (Wildman–Crippen MR) is 81.8 cm³/mol. The molecule has 2 heterocycles. The molecule has 1 saturated heterocycles. The number of hydrogen-bond acceptors (Lipinski definition) is 3. The summed E-state index contributed by atoms with van der Waals surface area (Å²) >= 11 is 4.84. The van der Waals surface area contributed by atoms with Crippen LogP contribution in [0.25, 0.3) is 0 Å². The van der Waals surface area contributed by atoms with Crippen molar-refractivity contribution in [3.8, 4) is 0 Å². The highest BCUT2D eigenvalue weighted by Crippen LogP contribution is 2.31. The Labute approximate surface area is 130 Å². The first-order valence-corrected chi connectivity index (χ1v) is 8.64. The van der Waals surface area contributed by atoms with Crippen molar-refractivity contribution in [2.75, 3.05) is 26.2 Å². The number of carbonyl (C=O) groups excluding carboxylic acids is 2. The zero-order valence-electron chi connectivity index (χ0n) is 11.2. The number of rotatable bonds is 2. The van der Waals surface area contributed by atoms with E-state index in [9.17, 15) is 9.59 Å².